The topological polar surface area (TPSA) is 77.8 Å². The van der Waals surface area contributed by atoms with E-state index in [9.17, 15) is 14.7 Å². The number of aryl methyl sites for hydroxylation is 2. The lowest BCUT2D eigenvalue weighted by Crippen LogP contribution is -2.41. The van der Waals surface area contributed by atoms with Crippen LogP contribution in [-0.4, -0.2) is 34.7 Å². The summed E-state index contributed by atoms with van der Waals surface area (Å²) in [7, 11) is 0. The molecule has 0 saturated carbocycles. The molecule has 2 N–H and O–H groups in total. The minimum absolute atomic E-state index is 0.0919. The van der Waals surface area contributed by atoms with Crippen LogP contribution in [0.1, 0.15) is 24.5 Å². The lowest BCUT2D eigenvalue weighted by Gasteiger charge is -2.31. The molecule has 0 amide bonds. The first-order valence-electron chi connectivity index (χ1n) is 6.12. The Balaban J connectivity index is 3.15. The Bertz CT molecular complexity index is 464. The van der Waals surface area contributed by atoms with Crippen molar-refractivity contribution in [2.45, 2.75) is 33.2 Å². The largest absolute Gasteiger partial charge is 0.481 e. The summed E-state index contributed by atoms with van der Waals surface area (Å²) in [6, 6.07) is 4.92. The SMILES string of the molecule is Cc1cccc(C)c1N(CCC(=O)O)C(C)C(=O)O. The second-order valence-electron chi connectivity index (χ2n) is 4.59. The summed E-state index contributed by atoms with van der Waals surface area (Å²) in [6.45, 7) is 5.53. The summed E-state index contributed by atoms with van der Waals surface area (Å²) >= 11 is 0. The molecule has 0 saturated heterocycles. The van der Waals surface area contributed by atoms with E-state index in [0.717, 1.165) is 16.8 Å². The van der Waals surface area contributed by atoms with Crippen molar-refractivity contribution in [1.82, 2.24) is 0 Å². The van der Waals surface area contributed by atoms with Gasteiger partial charge in [-0.25, -0.2) is 4.79 Å². The number of carboxylic acid groups (broad SMARTS) is 2. The van der Waals surface area contributed by atoms with Crippen LogP contribution in [0.4, 0.5) is 5.69 Å². The molecule has 0 spiro atoms. The standard InChI is InChI=1S/C14H19NO4/c1-9-5-4-6-10(2)13(9)15(8-7-12(16)17)11(3)14(18)19/h4-6,11H,7-8H2,1-3H3,(H,16,17)(H,18,19). The van der Waals surface area contributed by atoms with Crippen molar-refractivity contribution in [3.8, 4) is 0 Å². The van der Waals surface area contributed by atoms with Crippen LogP contribution < -0.4 is 4.90 Å². The average molecular weight is 265 g/mol. The minimum Gasteiger partial charge on any atom is -0.481 e. The van der Waals surface area contributed by atoms with Crippen LogP contribution in [-0.2, 0) is 9.59 Å². The number of benzene rings is 1. The maximum Gasteiger partial charge on any atom is 0.326 e. The van der Waals surface area contributed by atoms with Crippen LogP contribution in [0.15, 0.2) is 18.2 Å². The third-order valence-electron chi connectivity index (χ3n) is 3.12. The summed E-state index contributed by atoms with van der Waals surface area (Å²) in [5, 5.41) is 18.0. The molecule has 0 radical (unpaired) electrons. The number of para-hydroxylation sites is 1. The number of carboxylic acids is 2. The van der Waals surface area contributed by atoms with E-state index in [-0.39, 0.29) is 13.0 Å². The molecule has 19 heavy (non-hydrogen) atoms. The molecule has 0 fully saturated rings. The zero-order valence-corrected chi connectivity index (χ0v) is 11.4. The molecule has 0 heterocycles. The summed E-state index contributed by atoms with van der Waals surface area (Å²) in [6.07, 6.45) is -0.0919. The quantitative estimate of drug-likeness (QED) is 0.823. The van der Waals surface area contributed by atoms with Crippen LogP contribution in [0.5, 0.6) is 0 Å². The van der Waals surface area contributed by atoms with Crippen molar-refractivity contribution in [2.24, 2.45) is 0 Å². The third kappa shape index (κ3) is 3.71. The fraction of sp³-hybridized carbons (Fsp3) is 0.429. The maximum absolute atomic E-state index is 11.2. The van der Waals surface area contributed by atoms with Gasteiger partial charge in [-0.05, 0) is 31.9 Å². The first-order chi connectivity index (χ1) is 8.84. The first-order valence-corrected chi connectivity index (χ1v) is 6.12. The van der Waals surface area contributed by atoms with Crippen molar-refractivity contribution in [1.29, 1.82) is 0 Å². The van der Waals surface area contributed by atoms with E-state index in [2.05, 4.69) is 0 Å². The molecule has 0 aromatic heterocycles. The molecular weight excluding hydrogens is 246 g/mol. The highest BCUT2D eigenvalue weighted by Gasteiger charge is 2.23. The maximum atomic E-state index is 11.2. The van der Waals surface area contributed by atoms with Crippen LogP contribution in [0.3, 0.4) is 0 Å². The van der Waals surface area contributed by atoms with Gasteiger partial charge < -0.3 is 15.1 Å². The monoisotopic (exact) mass is 265 g/mol. The fourth-order valence-corrected chi connectivity index (χ4v) is 2.11. The zero-order chi connectivity index (χ0) is 14.6. The van der Waals surface area contributed by atoms with Gasteiger partial charge in [0.15, 0.2) is 0 Å². The van der Waals surface area contributed by atoms with Gasteiger partial charge >= 0.3 is 11.9 Å². The van der Waals surface area contributed by atoms with E-state index in [1.807, 2.05) is 32.0 Å². The van der Waals surface area contributed by atoms with Crippen molar-refractivity contribution in [3.05, 3.63) is 29.3 Å². The molecule has 0 aliphatic heterocycles. The van der Waals surface area contributed by atoms with E-state index in [1.165, 1.54) is 0 Å². The van der Waals surface area contributed by atoms with Crippen molar-refractivity contribution in [3.63, 3.8) is 0 Å². The Morgan fingerprint density at radius 3 is 2.16 bits per heavy atom. The van der Waals surface area contributed by atoms with Gasteiger partial charge in [-0.1, -0.05) is 18.2 Å². The molecule has 0 aliphatic carbocycles. The van der Waals surface area contributed by atoms with Crippen LogP contribution in [0, 0.1) is 13.8 Å². The van der Waals surface area contributed by atoms with Gasteiger partial charge in [-0.15, -0.1) is 0 Å². The van der Waals surface area contributed by atoms with Crippen LogP contribution >= 0.6 is 0 Å². The first kappa shape index (κ1) is 15.0. The Hall–Kier alpha value is -2.04. The molecule has 5 heteroatoms. The summed E-state index contributed by atoms with van der Waals surface area (Å²) in [5.41, 5.74) is 2.69. The Morgan fingerprint density at radius 1 is 1.21 bits per heavy atom. The smallest absolute Gasteiger partial charge is 0.326 e. The Labute approximate surface area is 112 Å². The van der Waals surface area contributed by atoms with Gasteiger partial charge in [-0.3, -0.25) is 4.79 Å². The minimum atomic E-state index is -0.965. The third-order valence-corrected chi connectivity index (χ3v) is 3.12. The molecule has 0 aliphatic rings. The predicted octanol–water partition coefficient (Wildman–Crippen LogP) is 2.06. The molecule has 1 rings (SSSR count). The van der Waals surface area contributed by atoms with Gasteiger partial charge in [0.05, 0.1) is 6.42 Å². The van der Waals surface area contributed by atoms with E-state index in [0.29, 0.717) is 0 Å². The van der Waals surface area contributed by atoms with Crippen molar-refractivity contribution < 1.29 is 19.8 Å². The molecule has 1 atom stereocenters. The van der Waals surface area contributed by atoms with Crippen molar-refractivity contribution >= 4 is 17.6 Å². The predicted molar refractivity (Wildman–Crippen MR) is 72.6 cm³/mol. The number of nitrogens with zero attached hydrogens (tertiary/aromatic N) is 1. The second-order valence-corrected chi connectivity index (χ2v) is 4.59. The fourth-order valence-electron chi connectivity index (χ4n) is 2.11. The highest BCUT2D eigenvalue weighted by molar-refractivity contribution is 5.79. The highest BCUT2D eigenvalue weighted by atomic mass is 16.4. The van der Waals surface area contributed by atoms with Crippen LogP contribution in [0.2, 0.25) is 0 Å². The van der Waals surface area contributed by atoms with E-state index < -0.39 is 18.0 Å². The second kappa shape index (κ2) is 6.22. The zero-order valence-electron chi connectivity index (χ0n) is 11.4. The lowest BCUT2D eigenvalue weighted by atomic mass is 10.1. The molecule has 1 unspecified atom stereocenters. The van der Waals surface area contributed by atoms with Gasteiger partial charge in [0.25, 0.3) is 0 Å². The Kier molecular flexibility index (Phi) is 4.92. The van der Waals surface area contributed by atoms with Crippen LogP contribution in [0.25, 0.3) is 0 Å². The number of carbonyl (C=O) groups is 2. The van der Waals surface area contributed by atoms with E-state index in [4.69, 9.17) is 5.11 Å². The number of aliphatic carboxylic acids is 2. The molecule has 104 valence electrons. The number of hydrogen-bond acceptors (Lipinski definition) is 3. The van der Waals surface area contributed by atoms with Gasteiger partial charge in [0, 0.05) is 12.2 Å². The van der Waals surface area contributed by atoms with Crippen molar-refractivity contribution in [2.75, 3.05) is 11.4 Å². The average Bonchev–Trinajstić information content (AvgIpc) is 2.31. The van der Waals surface area contributed by atoms with Gasteiger partial charge in [0.1, 0.15) is 6.04 Å². The molecule has 5 nitrogen and oxygen atoms in total. The van der Waals surface area contributed by atoms with E-state index >= 15 is 0 Å². The molecular formula is C14H19NO4. The Morgan fingerprint density at radius 2 is 1.74 bits per heavy atom. The molecule has 0 bridgehead atoms. The molecule has 1 aromatic rings. The van der Waals surface area contributed by atoms with Gasteiger partial charge in [0.2, 0.25) is 0 Å². The summed E-state index contributed by atoms with van der Waals surface area (Å²) in [5.74, 6) is -1.90. The number of rotatable bonds is 6. The van der Waals surface area contributed by atoms with E-state index in [1.54, 1.807) is 11.8 Å². The number of anilines is 1. The highest BCUT2D eigenvalue weighted by Crippen LogP contribution is 2.26. The summed E-state index contributed by atoms with van der Waals surface area (Å²) < 4.78 is 0. The lowest BCUT2D eigenvalue weighted by molar-refractivity contribution is -0.139. The normalized spacial score (nSPS) is 11.9. The molecule has 1 aromatic carbocycles. The summed E-state index contributed by atoms with van der Waals surface area (Å²) in [4.78, 5) is 23.6. The van der Waals surface area contributed by atoms with Gasteiger partial charge in [-0.2, -0.15) is 0 Å². The number of hydrogen-bond donors (Lipinski definition) is 2.